The van der Waals surface area contributed by atoms with Crippen LogP contribution in [-0.4, -0.2) is 11.2 Å². The van der Waals surface area contributed by atoms with Crippen LogP contribution in [0.4, 0.5) is 0 Å². The van der Waals surface area contributed by atoms with Gasteiger partial charge in [-0.3, -0.25) is 0 Å². The highest BCUT2D eigenvalue weighted by Crippen LogP contribution is 2.04. The van der Waals surface area contributed by atoms with Crippen LogP contribution in [0.3, 0.4) is 0 Å². The Balaban J connectivity index is 3.57. The van der Waals surface area contributed by atoms with E-state index in [2.05, 4.69) is 19.6 Å². The third-order valence-corrected chi connectivity index (χ3v) is 2.23. The van der Waals surface area contributed by atoms with Crippen molar-refractivity contribution in [1.29, 1.82) is 0 Å². The molecule has 1 unspecified atom stereocenters. The lowest BCUT2D eigenvalue weighted by atomic mass is 10.1. The summed E-state index contributed by atoms with van der Waals surface area (Å²) in [4.78, 5) is 0. The second-order valence-corrected chi connectivity index (χ2v) is 3.78. The van der Waals surface area contributed by atoms with Crippen LogP contribution in [-0.2, 0) is 0 Å². The minimum absolute atomic E-state index is 0.292. The van der Waals surface area contributed by atoms with Crippen LogP contribution in [0.15, 0.2) is 49.1 Å². The Labute approximate surface area is 99.9 Å². The fourth-order valence-corrected chi connectivity index (χ4v) is 1.30. The molecule has 0 saturated carbocycles. The van der Waals surface area contributed by atoms with E-state index in [1.165, 1.54) is 12.8 Å². The van der Waals surface area contributed by atoms with E-state index < -0.39 is 0 Å². The lowest BCUT2D eigenvalue weighted by molar-refractivity contribution is 0.208. The molecular weight excluding hydrogens is 196 g/mol. The Hall–Kier alpha value is -1.08. The molecule has 0 bridgehead atoms. The van der Waals surface area contributed by atoms with Crippen LogP contribution >= 0.6 is 0 Å². The summed E-state index contributed by atoms with van der Waals surface area (Å²) in [6, 6.07) is 0. The largest absolute Gasteiger partial charge is 0.389 e. The van der Waals surface area contributed by atoms with Gasteiger partial charge < -0.3 is 5.11 Å². The topological polar surface area (TPSA) is 20.2 Å². The molecule has 0 aromatic rings. The highest BCUT2D eigenvalue weighted by molar-refractivity contribution is 5.08. The van der Waals surface area contributed by atoms with Gasteiger partial charge in [0.15, 0.2) is 0 Å². The van der Waals surface area contributed by atoms with Gasteiger partial charge in [0.05, 0.1) is 6.10 Å². The second kappa shape index (κ2) is 12.0. The summed E-state index contributed by atoms with van der Waals surface area (Å²) >= 11 is 0. The summed E-state index contributed by atoms with van der Waals surface area (Å²) in [7, 11) is 0. The molecule has 1 N–H and O–H groups in total. The van der Waals surface area contributed by atoms with Crippen LogP contribution in [0.25, 0.3) is 0 Å². The molecule has 1 heteroatoms. The van der Waals surface area contributed by atoms with E-state index in [1.807, 2.05) is 30.4 Å². The van der Waals surface area contributed by atoms with Crippen molar-refractivity contribution in [3.05, 3.63) is 49.1 Å². The number of aliphatic hydroxyl groups is 1. The van der Waals surface area contributed by atoms with Crippen molar-refractivity contribution in [3.63, 3.8) is 0 Å². The Morgan fingerprint density at radius 2 is 1.88 bits per heavy atom. The zero-order valence-corrected chi connectivity index (χ0v) is 10.3. The monoisotopic (exact) mass is 220 g/mol. The van der Waals surface area contributed by atoms with Gasteiger partial charge in [0.25, 0.3) is 0 Å². The van der Waals surface area contributed by atoms with Crippen molar-refractivity contribution in [3.8, 4) is 0 Å². The molecule has 90 valence electrons. The molecule has 0 rings (SSSR count). The minimum atomic E-state index is -0.292. The lowest BCUT2D eigenvalue weighted by Gasteiger charge is -2.02. The average Bonchev–Trinajstić information content (AvgIpc) is 2.28. The van der Waals surface area contributed by atoms with Crippen molar-refractivity contribution >= 4 is 0 Å². The molecule has 0 heterocycles. The first-order valence-corrected chi connectivity index (χ1v) is 6.10. The Morgan fingerprint density at radius 1 is 1.12 bits per heavy atom. The molecule has 1 nitrogen and oxygen atoms in total. The number of hydrogen-bond acceptors (Lipinski definition) is 1. The number of rotatable bonds is 9. The van der Waals surface area contributed by atoms with Gasteiger partial charge in [-0.1, -0.05) is 75.3 Å². The standard InChI is InChI=1S/C15H24O/c1-3-5-7-8-9-10-12-14-15(16)13-11-6-4-2/h3,5,7,9-10,12,14-16H,1,4,6,8,11,13H2,2H3/b7-5-,10-9-,14-12+. The zero-order chi connectivity index (χ0) is 12.1. The van der Waals surface area contributed by atoms with Gasteiger partial charge >= 0.3 is 0 Å². The highest BCUT2D eigenvalue weighted by Gasteiger charge is 1.96. The molecule has 0 aliphatic carbocycles. The fraction of sp³-hybridized carbons (Fsp3) is 0.467. The van der Waals surface area contributed by atoms with Crippen molar-refractivity contribution in [2.45, 2.75) is 45.1 Å². The first kappa shape index (κ1) is 14.9. The van der Waals surface area contributed by atoms with E-state index in [1.54, 1.807) is 6.08 Å². The van der Waals surface area contributed by atoms with Gasteiger partial charge in [0.1, 0.15) is 0 Å². The van der Waals surface area contributed by atoms with Crippen LogP contribution in [0.5, 0.6) is 0 Å². The van der Waals surface area contributed by atoms with E-state index in [-0.39, 0.29) is 6.10 Å². The quantitative estimate of drug-likeness (QED) is 0.456. The van der Waals surface area contributed by atoms with E-state index in [0.717, 1.165) is 19.3 Å². The molecule has 1 atom stereocenters. The smallest absolute Gasteiger partial charge is 0.0723 e. The van der Waals surface area contributed by atoms with Gasteiger partial charge in [-0.15, -0.1) is 0 Å². The number of aliphatic hydroxyl groups excluding tert-OH is 1. The summed E-state index contributed by atoms with van der Waals surface area (Å²) in [5, 5.41) is 9.57. The van der Waals surface area contributed by atoms with Gasteiger partial charge in [-0.2, -0.15) is 0 Å². The summed E-state index contributed by atoms with van der Waals surface area (Å²) in [6.07, 6.45) is 18.5. The van der Waals surface area contributed by atoms with Crippen LogP contribution in [0.2, 0.25) is 0 Å². The Bertz CT molecular complexity index is 236. The third kappa shape index (κ3) is 11.0. The molecule has 16 heavy (non-hydrogen) atoms. The number of allylic oxidation sites excluding steroid dienone is 6. The Morgan fingerprint density at radius 3 is 2.56 bits per heavy atom. The predicted octanol–water partition coefficient (Wildman–Crippen LogP) is 4.17. The van der Waals surface area contributed by atoms with E-state index in [4.69, 9.17) is 0 Å². The van der Waals surface area contributed by atoms with Crippen molar-refractivity contribution in [2.24, 2.45) is 0 Å². The maximum atomic E-state index is 9.57. The van der Waals surface area contributed by atoms with Crippen LogP contribution in [0, 0.1) is 0 Å². The molecule has 0 spiro atoms. The maximum absolute atomic E-state index is 9.57. The number of hydrogen-bond donors (Lipinski definition) is 1. The average molecular weight is 220 g/mol. The van der Waals surface area contributed by atoms with Crippen molar-refractivity contribution < 1.29 is 5.11 Å². The predicted molar refractivity (Wildman–Crippen MR) is 72.4 cm³/mol. The SMILES string of the molecule is C=C/C=C\C/C=C\C=C\C(O)CCCCC. The van der Waals surface area contributed by atoms with Gasteiger partial charge in [0, 0.05) is 0 Å². The second-order valence-electron chi connectivity index (χ2n) is 3.78. The summed E-state index contributed by atoms with van der Waals surface area (Å²) in [6.45, 7) is 5.76. The first-order valence-electron chi connectivity index (χ1n) is 6.10. The molecule has 0 fully saturated rings. The first-order chi connectivity index (χ1) is 7.81. The molecule has 0 aromatic carbocycles. The van der Waals surface area contributed by atoms with E-state index in [0.29, 0.717) is 0 Å². The molecule has 0 amide bonds. The van der Waals surface area contributed by atoms with Crippen molar-refractivity contribution in [1.82, 2.24) is 0 Å². The summed E-state index contributed by atoms with van der Waals surface area (Å²) in [5.41, 5.74) is 0. The summed E-state index contributed by atoms with van der Waals surface area (Å²) in [5.74, 6) is 0. The molecular formula is C15H24O. The van der Waals surface area contributed by atoms with Gasteiger partial charge in [-0.25, -0.2) is 0 Å². The van der Waals surface area contributed by atoms with E-state index in [9.17, 15) is 5.11 Å². The molecule has 0 radical (unpaired) electrons. The van der Waals surface area contributed by atoms with E-state index >= 15 is 0 Å². The number of unbranched alkanes of at least 4 members (excludes halogenated alkanes) is 2. The Kier molecular flexibility index (Phi) is 11.2. The molecule has 0 saturated heterocycles. The van der Waals surface area contributed by atoms with Crippen LogP contribution < -0.4 is 0 Å². The fourth-order valence-electron chi connectivity index (χ4n) is 1.30. The van der Waals surface area contributed by atoms with Gasteiger partial charge in [-0.05, 0) is 12.8 Å². The lowest BCUT2D eigenvalue weighted by Crippen LogP contribution is -2.00. The molecule has 0 aromatic heterocycles. The maximum Gasteiger partial charge on any atom is 0.0723 e. The molecule has 0 aliphatic rings. The zero-order valence-electron chi connectivity index (χ0n) is 10.3. The minimum Gasteiger partial charge on any atom is -0.389 e. The summed E-state index contributed by atoms with van der Waals surface area (Å²) < 4.78 is 0. The van der Waals surface area contributed by atoms with Gasteiger partial charge in [0.2, 0.25) is 0 Å². The third-order valence-electron chi connectivity index (χ3n) is 2.23. The molecule has 0 aliphatic heterocycles. The normalized spacial score (nSPS) is 14.1. The van der Waals surface area contributed by atoms with Crippen molar-refractivity contribution in [2.75, 3.05) is 0 Å². The highest BCUT2D eigenvalue weighted by atomic mass is 16.3. The van der Waals surface area contributed by atoms with Crippen LogP contribution in [0.1, 0.15) is 39.0 Å².